The normalized spacial score (nSPS) is 10.8. The molecule has 0 saturated heterocycles. The second-order valence-corrected chi connectivity index (χ2v) is 8.81. The molecule has 0 bridgehead atoms. The molecule has 4 aromatic rings. The summed E-state index contributed by atoms with van der Waals surface area (Å²) in [7, 11) is 0. The van der Waals surface area contributed by atoms with Gasteiger partial charge in [-0.05, 0) is 72.5 Å². The highest BCUT2D eigenvalue weighted by atomic mass is 19.1. The monoisotopic (exact) mass is 536 g/mol. The highest BCUT2D eigenvalue weighted by molar-refractivity contribution is 5.74. The zero-order valence-electron chi connectivity index (χ0n) is 20.8. The first-order valence-corrected chi connectivity index (χ1v) is 12.3. The van der Waals surface area contributed by atoms with Crippen LogP contribution in [0.25, 0.3) is 22.3 Å². The van der Waals surface area contributed by atoms with Crippen LogP contribution in [0.1, 0.15) is 32.1 Å². The Morgan fingerprint density at radius 3 is 1.26 bits per heavy atom. The first kappa shape index (κ1) is 27.6. The minimum Gasteiger partial charge on any atom is -0.426 e. The van der Waals surface area contributed by atoms with Gasteiger partial charge in [-0.3, -0.25) is 9.59 Å². The van der Waals surface area contributed by atoms with Gasteiger partial charge in [-0.15, -0.1) is 0 Å². The Labute approximate surface area is 222 Å². The molecule has 0 heterocycles. The lowest BCUT2D eigenvalue weighted by molar-refractivity contribution is -0.134. The lowest BCUT2D eigenvalue weighted by Gasteiger charge is -2.08. The Morgan fingerprint density at radius 2 is 0.897 bits per heavy atom. The fraction of sp³-hybridized carbons (Fsp3) is 0.161. The van der Waals surface area contributed by atoms with Crippen LogP contribution >= 0.6 is 0 Å². The van der Waals surface area contributed by atoms with Gasteiger partial charge < -0.3 is 9.47 Å². The van der Waals surface area contributed by atoms with E-state index in [-0.39, 0.29) is 35.5 Å². The van der Waals surface area contributed by atoms with E-state index in [1.54, 1.807) is 0 Å². The van der Waals surface area contributed by atoms with E-state index < -0.39 is 35.2 Å². The van der Waals surface area contributed by atoms with Gasteiger partial charge in [0.25, 0.3) is 0 Å². The summed E-state index contributed by atoms with van der Waals surface area (Å²) in [5.74, 6) is -3.01. The van der Waals surface area contributed by atoms with Crippen molar-refractivity contribution >= 4 is 11.9 Å². The van der Waals surface area contributed by atoms with Crippen molar-refractivity contribution in [1.29, 1.82) is 0 Å². The highest BCUT2D eigenvalue weighted by Gasteiger charge is 2.12. The van der Waals surface area contributed by atoms with Crippen LogP contribution in [0.2, 0.25) is 0 Å². The van der Waals surface area contributed by atoms with Crippen LogP contribution < -0.4 is 9.47 Å². The van der Waals surface area contributed by atoms with Crippen molar-refractivity contribution in [3.63, 3.8) is 0 Å². The minimum absolute atomic E-state index is 0.0598. The number of ether oxygens (including phenoxy) is 2. The molecule has 4 aromatic carbocycles. The third-order valence-corrected chi connectivity index (χ3v) is 5.92. The lowest BCUT2D eigenvalue weighted by Crippen LogP contribution is -2.09. The van der Waals surface area contributed by atoms with Gasteiger partial charge in [0.1, 0.15) is 34.8 Å². The summed E-state index contributed by atoms with van der Waals surface area (Å²) >= 11 is 0. The van der Waals surface area contributed by atoms with E-state index in [9.17, 15) is 27.2 Å². The zero-order valence-corrected chi connectivity index (χ0v) is 20.8. The molecule has 0 aromatic heterocycles. The SMILES string of the molecule is O=C(CCCCCC(=O)Oc1ccc(-c2ccc(F)cc2)c(F)c1)Oc1ccc(-c2ccc(F)cc2)c(F)c1. The molecule has 4 nitrogen and oxygen atoms in total. The van der Waals surface area contributed by atoms with Gasteiger partial charge in [-0.25, -0.2) is 17.6 Å². The van der Waals surface area contributed by atoms with E-state index in [1.807, 2.05) is 0 Å². The molecule has 0 saturated carbocycles. The average Bonchev–Trinajstić information content (AvgIpc) is 2.90. The Balaban J connectivity index is 1.17. The highest BCUT2D eigenvalue weighted by Crippen LogP contribution is 2.28. The molecule has 0 fully saturated rings. The third kappa shape index (κ3) is 7.77. The van der Waals surface area contributed by atoms with Crippen molar-refractivity contribution in [3.05, 3.63) is 108 Å². The van der Waals surface area contributed by atoms with E-state index in [0.29, 0.717) is 30.4 Å². The number of hydrogen-bond donors (Lipinski definition) is 0. The van der Waals surface area contributed by atoms with Gasteiger partial charge in [0.2, 0.25) is 0 Å². The fourth-order valence-electron chi connectivity index (χ4n) is 3.93. The van der Waals surface area contributed by atoms with Gasteiger partial charge in [0.15, 0.2) is 0 Å². The number of carbonyl (C=O) groups is 2. The summed E-state index contributed by atoms with van der Waals surface area (Å²) < 4.78 is 65.4. The summed E-state index contributed by atoms with van der Waals surface area (Å²) in [6.07, 6.45) is 1.59. The number of carbonyl (C=O) groups excluding carboxylic acids is 2. The number of halogens is 4. The third-order valence-electron chi connectivity index (χ3n) is 5.92. The number of rotatable bonds is 10. The van der Waals surface area contributed by atoms with E-state index in [0.717, 1.165) is 12.1 Å². The quantitative estimate of drug-likeness (QED) is 0.0891. The van der Waals surface area contributed by atoms with E-state index >= 15 is 0 Å². The predicted octanol–water partition coefficient (Wildman–Crippen LogP) is 8.04. The van der Waals surface area contributed by atoms with Crippen LogP contribution in [0.3, 0.4) is 0 Å². The van der Waals surface area contributed by atoms with Crippen molar-refractivity contribution in [3.8, 4) is 33.8 Å². The molecule has 200 valence electrons. The Bertz CT molecular complexity index is 1340. The van der Waals surface area contributed by atoms with Gasteiger partial charge in [-0.2, -0.15) is 0 Å². The van der Waals surface area contributed by atoms with Crippen LogP contribution in [-0.4, -0.2) is 11.9 Å². The van der Waals surface area contributed by atoms with Crippen molar-refractivity contribution in [2.75, 3.05) is 0 Å². The molecule has 39 heavy (non-hydrogen) atoms. The second-order valence-electron chi connectivity index (χ2n) is 8.81. The maximum atomic E-state index is 14.4. The number of unbranched alkanes of at least 4 members (excludes halogenated alkanes) is 2. The molecule has 0 atom stereocenters. The van der Waals surface area contributed by atoms with Crippen LogP contribution in [-0.2, 0) is 9.59 Å². The first-order valence-electron chi connectivity index (χ1n) is 12.3. The van der Waals surface area contributed by atoms with E-state index in [4.69, 9.17) is 9.47 Å². The Kier molecular flexibility index (Phi) is 9.10. The van der Waals surface area contributed by atoms with Crippen LogP contribution in [0, 0.1) is 23.3 Å². The summed E-state index contributed by atoms with van der Waals surface area (Å²) in [4.78, 5) is 24.2. The summed E-state index contributed by atoms with van der Waals surface area (Å²) in [6, 6.07) is 18.8. The smallest absolute Gasteiger partial charge is 0.311 e. The maximum Gasteiger partial charge on any atom is 0.311 e. The summed E-state index contributed by atoms with van der Waals surface area (Å²) in [5, 5.41) is 0. The lowest BCUT2D eigenvalue weighted by atomic mass is 10.0. The van der Waals surface area contributed by atoms with E-state index in [2.05, 4.69) is 0 Å². The van der Waals surface area contributed by atoms with Crippen molar-refractivity contribution in [2.24, 2.45) is 0 Å². The number of benzene rings is 4. The molecule has 0 spiro atoms. The summed E-state index contributed by atoms with van der Waals surface area (Å²) in [5.41, 5.74) is 1.51. The second kappa shape index (κ2) is 12.9. The van der Waals surface area contributed by atoms with Crippen molar-refractivity contribution in [2.45, 2.75) is 32.1 Å². The Morgan fingerprint density at radius 1 is 0.513 bits per heavy atom. The molecule has 0 aliphatic rings. The molecule has 0 aliphatic carbocycles. The molecule has 0 radical (unpaired) electrons. The molecular formula is C31H24F4O4. The molecule has 0 amide bonds. The topological polar surface area (TPSA) is 52.6 Å². The number of hydrogen-bond acceptors (Lipinski definition) is 4. The van der Waals surface area contributed by atoms with Crippen LogP contribution in [0.15, 0.2) is 84.9 Å². The zero-order chi connectivity index (χ0) is 27.8. The van der Waals surface area contributed by atoms with Gasteiger partial charge in [-0.1, -0.05) is 30.7 Å². The predicted molar refractivity (Wildman–Crippen MR) is 138 cm³/mol. The minimum atomic E-state index is -0.601. The van der Waals surface area contributed by atoms with Gasteiger partial charge in [0, 0.05) is 36.1 Å². The van der Waals surface area contributed by atoms with Gasteiger partial charge in [0.05, 0.1) is 0 Å². The molecular weight excluding hydrogens is 512 g/mol. The molecule has 0 aliphatic heterocycles. The van der Waals surface area contributed by atoms with Crippen molar-refractivity contribution in [1.82, 2.24) is 0 Å². The van der Waals surface area contributed by atoms with E-state index in [1.165, 1.54) is 72.8 Å². The average molecular weight is 537 g/mol. The first-order chi connectivity index (χ1) is 18.8. The summed E-state index contributed by atoms with van der Waals surface area (Å²) in [6.45, 7) is 0. The van der Waals surface area contributed by atoms with Crippen LogP contribution in [0.4, 0.5) is 17.6 Å². The molecule has 8 heteroatoms. The van der Waals surface area contributed by atoms with Crippen molar-refractivity contribution < 1.29 is 36.6 Å². The molecule has 4 rings (SSSR count). The Hall–Kier alpha value is -4.46. The van der Waals surface area contributed by atoms with Crippen LogP contribution in [0.5, 0.6) is 11.5 Å². The molecule has 0 N–H and O–H groups in total. The molecule has 0 unspecified atom stereocenters. The largest absolute Gasteiger partial charge is 0.426 e. The maximum absolute atomic E-state index is 14.4. The van der Waals surface area contributed by atoms with Gasteiger partial charge >= 0.3 is 11.9 Å². The number of esters is 2. The fourth-order valence-corrected chi connectivity index (χ4v) is 3.93. The standard InChI is InChI=1S/C31H24F4O4/c32-22-10-6-20(7-11-22)26-16-14-24(18-28(26)34)38-30(36)4-2-1-3-5-31(37)39-25-15-17-27(29(35)19-25)21-8-12-23(33)13-9-21/h6-19H,1-5H2.